The molecule has 0 fully saturated rings. The lowest BCUT2D eigenvalue weighted by Crippen LogP contribution is -2.46. The molecule has 0 aliphatic heterocycles. The molecule has 7 aromatic rings. The Morgan fingerprint density at radius 2 is 0.944 bits per heavy atom. The smallest absolute Gasteiger partial charge is 0.116 e. The van der Waals surface area contributed by atoms with Gasteiger partial charge in [-0.25, -0.2) is 0 Å². The molecule has 0 aromatic heterocycles. The summed E-state index contributed by atoms with van der Waals surface area (Å²) in [4.78, 5) is 2.45. The van der Waals surface area contributed by atoms with Crippen molar-refractivity contribution in [1.29, 1.82) is 0 Å². The van der Waals surface area contributed by atoms with E-state index in [0.29, 0.717) is 0 Å². The highest BCUT2D eigenvalue weighted by Gasteiger charge is 2.42. The standard InChI is InChI=1S/C38H39N.C25H28.C4H10.C2H4S/c1-5-39(28-34-13-7-8-14-34)38(35-23-17-29(2)18-24-35,37-16-9-6-12-31(37)4)36-25-21-32(22-26-36)19-20-33-15-10-11-30(3)27-33;1-19-8-14-23(15-9-19)25(3,4)24-16-12-21(13-17-24)10-11-22-7-5-6-20(2)18-22;1-4(2)3;1-2-3/h5-13,15-18,21-27H,1,14,19-20,28H2,2-4H3;5-9,12-18H,10-11H2,1-4H3;4H,1-3H3;2H,1H3. The Bertz CT molecular complexity index is 2780. The monoisotopic (exact) mass is 956 g/mol. The molecule has 1 aliphatic carbocycles. The zero-order valence-electron chi connectivity index (χ0n) is 44.9. The quantitative estimate of drug-likeness (QED) is 0.0744. The van der Waals surface area contributed by atoms with Crippen molar-refractivity contribution in [3.63, 3.8) is 0 Å². The van der Waals surface area contributed by atoms with Crippen molar-refractivity contribution < 1.29 is 0 Å². The van der Waals surface area contributed by atoms with Gasteiger partial charge in [-0.2, -0.15) is 0 Å². The van der Waals surface area contributed by atoms with Crippen LogP contribution in [0.15, 0.2) is 206 Å². The molecule has 368 valence electrons. The van der Waals surface area contributed by atoms with E-state index in [0.717, 1.165) is 44.6 Å². The molecule has 1 nitrogen and oxygen atoms in total. The van der Waals surface area contributed by atoms with Gasteiger partial charge in [-0.15, -0.1) is 0 Å². The number of nitrogens with zero attached hydrogens (tertiary/aromatic N) is 1. The van der Waals surface area contributed by atoms with Gasteiger partial charge in [-0.1, -0.05) is 264 Å². The predicted molar refractivity (Wildman–Crippen MR) is 314 cm³/mol. The highest BCUT2D eigenvalue weighted by molar-refractivity contribution is 7.78. The molecule has 0 bridgehead atoms. The number of rotatable bonds is 15. The lowest BCUT2D eigenvalue weighted by Gasteiger charge is -2.46. The normalized spacial score (nSPS) is 12.5. The molecular weight excluding hydrogens is 875 g/mol. The van der Waals surface area contributed by atoms with E-state index in [1.807, 2.05) is 13.1 Å². The second-order valence-electron chi connectivity index (χ2n) is 20.5. The van der Waals surface area contributed by atoms with Gasteiger partial charge in [-0.05, 0) is 152 Å². The second-order valence-corrected chi connectivity index (χ2v) is 21.0. The summed E-state index contributed by atoms with van der Waals surface area (Å²) in [5.74, 6) is 0.833. The van der Waals surface area contributed by atoms with Gasteiger partial charge in [-0.3, -0.25) is 0 Å². The van der Waals surface area contributed by atoms with Gasteiger partial charge >= 0.3 is 0 Å². The van der Waals surface area contributed by atoms with Gasteiger partial charge in [0.1, 0.15) is 5.54 Å². The number of benzene rings is 7. The average Bonchev–Trinajstić information content (AvgIpc) is 3.88. The van der Waals surface area contributed by atoms with Crippen LogP contribution in [0.5, 0.6) is 0 Å². The average molecular weight is 956 g/mol. The van der Waals surface area contributed by atoms with Crippen LogP contribution in [0.25, 0.3) is 0 Å². The van der Waals surface area contributed by atoms with Crippen molar-refractivity contribution in [3.05, 3.63) is 284 Å². The van der Waals surface area contributed by atoms with Crippen LogP contribution in [-0.4, -0.2) is 16.8 Å². The number of aryl methyl sites for hydroxylation is 9. The largest absolute Gasteiger partial charge is 0.357 e. The fourth-order valence-electron chi connectivity index (χ4n) is 9.34. The number of allylic oxidation sites excluding steroid dienone is 3. The molecule has 1 unspecified atom stereocenters. The van der Waals surface area contributed by atoms with Crippen LogP contribution < -0.4 is 0 Å². The van der Waals surface area contributed by atoms with Crippen LogP contribution in [-0.2, 0) is 36.6 Å². The fraction of sp³-hybridized carbons (Fsp3) is 0.290. The third-order valence-corrected chi connectivity index (χ3v) is 13.3. The Morgan fingerprint density at radius 3 is 1.35 bits per heavy atom. The lowest BCUT2D eigenvalue weighted by molar-refractivity contribution is 0.248. The van der Waals surface area contributed by atoms with E-state index in [9.17, 15) is 0 Å². The molecule has 0 amide bonds. The molecule has 2 heteroatoms. The van der Waals surface area contributed by atoms with E-state index in [4.69, 9.17) is 0 Å². The Balaban J connectivity index is 0.000000251. The Kier molecular flexibility index (Phi) is 21.4. The third kappa shape index (κ3) is 15.8. The highest BCUT2D eigenvalue weighted by Crippen LogP contribution is 2.45. The summed E-state index contributed by atoms with van der Waals surface area (Å²) in [5.41, 5.74) is 19.5. The summed E-state index contributed by atoms with van der Waals surface area (Å²) in [6.45, 7) is 28.9. The zero-order chi connectivity index (χ0) is 51.4. The molecule has 0 radical (unpaired) electrons. The van der Waals surface area contributed by atoms with E-state index in [1.54, 1.807) is 5.37 Å². The summed E-state index contributed by atoms with van der Waals surface area (Å²) >= 11 is 4.27. The van der Waals surface area contributed by atoms with Crippen molar-refractivity contribution in [1.82, 2.24) is 4.90 Å². The fourth-order valence-corrected chi connectivity index (χ4v) is 9.34. The molecule has 0 spiro atoms. The molecule has 0 saturated carbocycles. The maximum Gasteiger partial charge on any atom is 0.116 e. The maximum atomic E-state index is 4.36. The topological polar surface area (TPSA) is 3.24 Å². The van der Waals surface area contributed by atoms with Crippen LogP contribution in [0, 0.1) is 40.5 Å². The van der Waals surface area contributed by atoms with Crippen LogP contribution in [0.1, 0.15) is 126 Å². The van der Waals surface area contributed by atoms with Crippen molar-refractivity contribution >= 4 is 17.6 Å². The van der Waals surface area contributed by atoms with Crippen molar-refractivity contribution in [2.75, 3.05) is 6.54 Å². The van der Waals surface area contributed by atoms with Gasteiger partial charge in [0.2, 0.25) is 0 Å². The SMILES string of the molecule is C=CN(CC1=CC=CC1)C(c1ccc(C)cc1)(c1ccc(CCc2cccc(C)c2)cc1)c1ccccc1C.CC(C)C.CC=S.Cc1ccc(C(C)(C)c2ccc(CCc3cccc(C)c3)cc2)cc1. The first-order valence-corrected chi connectivity index (χ1v) is 26.2. The Labute approximate surface area is 436 Å². The molecule has 71 heavy (non-hydrogen) atoms. The summed E-state index contributed by atoms with van der Waals surface area (Å²) in [5, 5.41) is 1.58. The Hall–Kier alpha value is -6.35. The minimum Gasteiger partial charge on any atom is -0.357 e. The number of hydrogen-bond acceptors (Lipinski definition) is 2. The van der Waals surface area contributed by atoms with Crippen molar-refractivity contribution in [3.8, 4) is 0 Å². The van der Waals surface area contributed by atoms with E-state index in [2.05, 4.69) is 281 Å². The van der Waals surface area contributed by atoms with Gasteiger partial charge in [0.25, 0.3) is 0 Å². The van der Waals surface area contributed by atoms with Crippen molar-refractivity contribution in [2.24, 2.45) is 5.92 Å². The van der Waals surface area contributed by atoms with Crippen LogP contribution in [0.2, 0.25) is 0 Å². The van der Waals surface area contributed by atoms with E-state index < -0.39 is 5.54 Å². The molecule has 1 aliphatic rings. The maximum absolute atomic E-state index is 4.36. The van der Waals surface area contributed by atoms with Gasteiger partial charge in [0, 0.05) is 12.0 Å². The van der Waals surface area contributed by atoms with Crippen LogP contribution in [0.4, 0.5) is 0 Å². The molecule has 7 aromatic carbocycles. The van der Waals surface area contributed by atoms with Gasteiger partial charge in [0.05, 0.1) is 0 Å². The summed E-state index contributed by atoms with van der Waals surface area (Å²) in [6, 6.07) is 63.0. The minimum absolute atomic E-state index is 0.0305. The number of hydrogen-bond donors (Lipinski definition) is 0. The predicted octanol–water partition coefficient (Wildman–Crippen LogP) is 18.1. The second kappa shape index (κ2) is 27.3. The first-order valence-electron chi connectivity index (χ1n) is 25.7. The molecule has 8 rings (SSSR count). The van der Waals surface area contributed by atoms with Gasteiger partial charge in [0.15, 0.2) is 0 Å². The summed E-state index contributed by atoms with van der Waals surface area (Å²) in [6.07, 6.45) is 13.9. The zero-order valence-corrected chi connectivity index (χ0v) is 45.8. The first kappa shape index (κ1) is 55.6. The molecular formula is C69H81NS. The third-order valence-electron chi connectivity index (χ3n) is 13.3. The summed E-state index contributed by atoms with van der Waals surface area (Å²) in [7, 11) is 0. The van der Waals surface area contributed by atoms with Crippen molar-refractivity contribution in [2.45, 2.75) is 119 Å². The molecule has 0 N–H and O–H groups in total. The van der Waals surface area contributed by atoms with Crippen LogP contribution in [0.3, 0.4) is 0 Å². The van der Waals surface area contributed by atoms with E-state index in [1.165, 1.54) is 83.5 Å². The molecule has 0 saturated heterocycles. The first-order chi connectivity index (χ1) is 34.1. The van der Waals surface area contributed by atoms with E-state index in [-0.39, 0.29) is 5.41 Å². The summed E-state index contributed by atoms with van der Waals surface area (Å²) < 4.78 is 0. The minimum atomic E-state index is -0.515. The number of thiocarbonyl (C=S) groups is 1. The van der Waals surface area contributed by atoms with Crippen LogP contribution >= 0.6 is 12.2 Å². The van der Waals surface area contributed by atoms with Gasteiger partial charge < -0.3 is 4.90 Å². The van der Waals surface area contributed by atoms with E-state index >= 15 is 0 Å². The Morgan fingerprint density at radius 1 is 0.535 bits per heavy atom. The lowest BCUT2D eigenvalue weighted by atomic mass is 9.73. The highest BCUT2D eigenvalue weighted by atomic mass is 32.1. The molecule has 1 atom stereocenters. The molecule has 0 heterocycles.